The average Bonchev–Trinajstić information content (AvgIpc) is 3.22. The molecule has 2 aromatic carbocycles. The minimum Gasteiger partial charge on any atom is -0.368 e. The number of nitrogens with zero attached hydrogens (tertiary/aromatic N) is 6. The fourth-order valence-corrected chi connectivity index (χ4v) is 3.46. The fourth-order valence-electron chi connectivity index (χ4n) is 3.34. The Morgan fingerprint density at radius 2 is 1.74 bits per heavy atom. The molecule has 1 fully saturated rings. The van der Waals surface area contributed by atoms with E-state index in [2.05, 4.69) is 15.4 Å². The van der Waals surface area contributed by atoms with Gasteiger partial charge in [-0.3, -0.25) is 4.79 Å². The van der Waals surface area contributed by atoms with Crippen molar-refractivity contribution >= 4 is 23.2 Å². The van der Waals surface area contributed by atoms with Crippen LogP contribution < -0.4 is 4.90 Å². The molecule has 31 heavy (non-hydrogen) atoms. The summed E-state index contributed by atoms with van der Waals surface area (Å²) in [5.41, 5.74) is 0.544. The van der Waals surface area contributed by atoms with Gasteiger partial charge in [-0.25, -0.2) is 0 Å². The molecule has 0 radical (unpaired) electrons. The Kier molecular flexibility index (Phi) is 5.81. The molecule has 7 nitrogen and oxygen atoms in total. The van der Waals surface area contributed by atoms with Gasteiger partial charge in [0.15, 0.2) is 0 Å². The van der Waals surface area contributed by atoms with E-state index in [-0.39, 0.29) is 12.5 Å². The highest BCUT2D eigenvalue weighted by atomic mass is 35.5. The Hall–Kier alpha value is -3.14. The topological polar surface area (TPSA) is 67.2 Å². The molecule has 1 aliphatic heterocycles. The van der Waals surface area contributed by atoms with E-state index in [9.17, 15) is 18.0 Å². The second-order valence-electron chi connectivity index (χ2n) is 7.07. The van der Waals surface area contributed by atoms with Crippen LogP contribution in [-0.4, -0.2) is 57.2 Å². The minimum atomic E-state index is -4.39. The molecule has 0 atom stereocenters. The van der Waals surface area contributed by atoms with Crippen LogP contribution in [0.1, 0.15) is 5.56 Å². The first kappa shape index (κ1) is 21.1. The van der Waals surface area contributed by atoms with Crippen LogP contribution in [-0.2, 0) is 17.5 Å². The van der Waals surface area contributed by atoms with Gasteiger partial charge in [0, 0.05) is 42.5 Å². The quantitative estimate of drug-likeness (QED) is 0.609. The highest BCUT2D eigenvalue weighted by Crippen LogP contribution is 2.31. The SMILES string of the molecule is O=C(Cn1nnc(-c2ccc(Cl)cc2)n1)N1CCN(c2cccc(C(F)(F)F)c2)CC1. The number of carbonyl (C=O) groups excluding carboxylic acids is 1. The summed E-state index contributed by atoms with van der Waals surface area (Å²) < 4.78 is 38.8. The summed E-state index contributed by atoms with van der Waals surface area (Å²) in [7, 11) is 0. The Morgan fingerprint density at radius 3 is 2.42 bits per heavy atom. The van der Waals surface area contributed by atoms with E-state index in [1.807, 2.05) is 4.90 Å². The van der Waals surface area contributed by atoms with Crippen molar-refractivity contribution in [3.63, 3.8) is 0 Å². The van der Waals surface area contributed by atoms with Crippen molar-refractivity contribution in [1.29, 1.82) is 0 Å². The van der Waals surface area contributed by atoms with Gasteiger partial charge in [0.05, 0.1) is 5.56 Å². The van der Waals surface area contributed by atoms with Gasteiger partial charge in [-0.1, -0.05) is 17.7 Å². The van der Waals surface area contributed by atoms with E-state index < -0.39 is 11.7 Å². The molecule has 0 unspecified atom stereocenters. The van der Waals surface area contributed by atoms with Crippen molar-refractivity contribution in [2.24, 2.45) is 0 Å². The van der Waals surface area contributed by atoms with Crippen molar-refractivity contribution in [3.8, 4) is 11.4 Å². The molecule has 3 aromatic rings. The average molecular weight is 451 g/mol. The molecular formula is C20H18ClF3N6O. The zero-order valence-corrected chi connectivity index (χ0v) is 17.0. The number of rotatable bonds is 4. The van der Waals surface area contributed by atoms with Crippen molar-refractivity contribution in [3.05, 3.63) is 59.1 Å². The molecule has 1 aliphatic rings. The molecular weight excluding hydrogens is 433 g/mol. The van der Waals surface area contributed by atoms with Crippen LogP contribution in [0.25, 0.3) is 11.4 Å². The van der Waals surface area contributed by atoms with Crippen LogP contribution in [0.3, 0.4) is 0 Å². The van der Waals surface area contributed by atoms with Gasteiger partial charge in [-0.2, -0.15) is 18.0 Å². The fraction of sp³-hybridized carbons (Fsp3) is 0.300. The highest BCUT2D eigenvalue weighted by molar-refractivity contribution is 6.30. The monoisotopic (exact) mass is 450 g/mol. The molecule has 0 bridgehead atoms. The molecule has 0 spiro atoms. The highest BCUT2D eigenvalue weighted by Gasteiger charge is 2.31. The lowest BCUT2D eigenvalue weighted by atomic mass is 10.1. The van der Waals surface area contributed by atoms with E-state index >= 15 is 0 Å². The summed E-state index contributed by atoms with van der Waals surface area (Å²) in [6, 6.07) is 12.2. The number of amides is 1. The third kappa shape index (κ3) is 4.96. The smallest absolute Gasteiger partial charge is 0.368 e. The van der Waals surface area contributed by atoms with Crippen LogP contribution in [0.2, 0.25) is 5.02 Å². The van der Waals surface area contributed by atoms with Gasteiger partial charge in [0.2, 0.25) is 11.7 Å². The predicted octanol–water partition coefficient (Wildman–Crippen LogP) is 3.36. The molecule has 0 aliphatic carbocycles. The summed E-state index contributed by atoms with van der Waals surface area (Å²) in [5, 5.41) is 12.7. The summed E-state index contributed by atoms with van der Waals surface area (Å²) in [6.07, 6.45) is -4.39. The van der Waals surface area contributed by atoms with Crippen molar-refractivity contribution < 1.29 is 18.0 Å². The first-order chi connectivity index (χ1) is 14.8. The van der Waals surface area contributed by atoms with E-state index in [1.54, 1.807) is 35.2 Å². The molecule has 0 N–H and O–H groups in total. The van der Waals surface area contributed by atoms with Gasteiger partial charge < -0.3 is 9.80 Å². The second kappa shape index (κ2) is 8.54. The Labute approximate surface area is 181 Å². The zero-order valence-electron chi connectivity index (χ0n) is 16.3. The summed E-state index contributed by atoms with van der Waals surface area (Å²) in [6.45, 7) is 1.60. The number of aromatic nitrogens is 4. The summed E-state index contributed by atoms with van der Waals surface area (Å²) in [4.78, 5) is 17.3. The van der Waals surface area contributed by atoms with Gasteiger partial charge in [-0.05, 0) is 47.7 Å². The lowest BCUT2D eigenvalue weighted by Crippen LogP contribution is -2.49. The van der Waals surface area contributed by atoms with Crippen LogP contribution in [0.5, 0.6) is 0 Å². The number of carbonyl (C=O) groups is 1. The standard InChI is InChI=1S/C20H18ClF3N6O/c21-16-6-4-14(5-7-16)19-25-27-30(26-19)13-18(31)29-10-8-28(9-11-29)17-3-1-2-15(12-17)20(22,23)24/h1-7,12H,8-11,13H2. The van der Waals surface area contributed by atoms with Crippen LogP contribution in [0.4, 0.5) is 18.9 Å². The number of halogens is 4. The third-order valence-electron chi connectivity index (χ3n) is 5.00. The molecule has 4 rings (SSSR count). The van der Waals surface area contributed by atoms with Crippen LogP contribution in [0.15, 0.2) is 48.5 Å². The molecule has 11 heteroatoms. The number of anilines is 1. The van der Waals surface area contributed by atoms with E-state index in [0.717, 1.165) is 17.7 Å². The first-order valence-electron chi connectivity index (χ1n) is 9.53. The Balaban J connectivity index is 1.34. The Morgan fingerprint density at radius 1 is 1.03 bits per heavy atom. The zero-order chi connectivity index (χ0) is 22.0. The molecule has 2 heterocycles. The second-order valence-corrected chi connectivity index (χ2v) is 7.50. The largest absolute Gasteiger partial charge is 0.416 e. The van der Waals surface area contributed by atoms with Crippen molar-refractivity contribution in [2.75, 3.05) is 31.1 Å². The predicted molar refractivity (Wildman–Crippen MR) is 109 cm³/mol. The van der Waals surface area contributed by atoms with E-state index in [4.69, 9.17) is 11.6 Å². The normalized spacial score (nSPS) is 14.7. The molecule has 1 aromatic heterocycles. The van der Waals surface area contributed by atoms with Gasteiger partial charge in [0.25, 0.3) is 0 Å². The maximum absolute atomic E-state index is 12.9. The number of hydrogen-bond acceptors (Lipinski definition) is 5. The number of alkyl halides is 3. The van der Waals surface area contributed by atoms with Crippen LogP contribution in [0, 0.1) is 0 Å². The van der Waals surface area contributed by atoms with Gasteiger partial charge >= 0.3 is 6.18 Å². The molecule has 162 valence electrons. The van der Waals surface area contributed by atoms with Crippen LogP contribution >= 0.6 is 11.6 Å². The maximum Gasteiger partial charge on any atom is 0.416 e. The first-order valence-corrected chi connectivity index (χ1v) is 9.91. The summed E-state index contributed by atoms with van der Waals surface area (Å²) >= 11 is 5.87. The molecule has 1 amide bonds. The van der Waals surface area contributed by atoms with E-state index in [0.29, 0.717) is 42.7 Å². The summed E-state index contributed by atoms with van der Waals surface area (Å²) in [5.74, 6) is 0.211. The molecule has 1 saturated heterocycles. The maximum atomic E-state index is 12.9. The lowest BCUT2D eigenvalue weighted by Gasteiger charge is -2.36. The van der Waals surface area contributed by atoms with Crippen molar-refractivity contribution in [1.82, 2.24) is 25.1 Å². The molecule has 0 saturated carbocycles. The third-order valence-corrected chi connectivity index (χ3v) is 5.25. The van der Waals surface area contributed by atoms with E-state index in [1.165, 1.54) is 10.9 Å². The lowest BCUT2D eigenvalue weighted by molar-refractivity contribution is -0.137. The van der Waals surface area contributed by atoms with Gasteiger partial charge in [-0.15, -0.1) is 10.2 Å². The number of benzene rings is 2. The van der Waals surface area contributed by atoms with Crippen molar-refractivity contribution in [2.45, 2.75) is 12.7 Å². The number of piperazine rings is 1. The Bertz CT molecular complexity index is 1060. The number of tetrazole rings is 1. The minimum absolute atomic E-state index is 0.0653. The van der Waals surface area contributed by atoms with Gasteiger partial charge in [0.1, 0.15) is 6.54 Å². The number of hydrogen-bond donors (Lipinski definition) is 0.